The SMILES string of the molecule is Cc1c(C)c2c(c(C)c1O)/C(=N/O)CC(C)(C)O2. The van der Waals surface area contributed by atoms with Crippen molar-refractivity contribution in [3.05, 3.63) is 22.3 Å². The van der Waals surface area contributed by atoms with Crippen molar-refractivity contribution in [3.63, 3.8) is 0 Å². The molecular formula is C14H19NO3. The van der Waals surface area contributed by atoms with Crippen LogP contribution >= 0.6 is 0 Å². The van der Waals surface area contributed by atoms with Gasteiger partial charge in [0.2, 0.25) is 0 Å². The number of aromatic hydroxyl groups is 1. The summed E-state index contributed by atoms with van der Waals surface area (Å²) in [4.78, 5) is 0. The Morgan fingerprint density at radius 3 is 2.28 bits per heavy atom. The van der Waals surface area contributed by atoms with Gasteiger partial charge in [0.25, 0.3) is 0 Å². The van der Waals surface area contributed by atoms with Gasteiger partial charge in [0.05, 0.1) is 5.71 Å². The van der Waals surface area contributed by atoms with Crippen LogP contribution in [-0.2, 0) is 0 Å². The summed E-state index contributed by atoms with van der Waals surface area (Å²) in [6, 6.07) is 0. The van der Waals surface area contributed by atoms with Crippen LogP contribution in [0, 0.1) is 20.8 Å². The lowest BCUT2D eigenvalue weighted by atomic mass is 9.86. The highest BCUT2D eigenvalue weighted by Crippen LogP contribution is 2.43. The third-order valence-electron chi connectivity index (χ3n) is 3.60. The lowest BCUT2D eigenvalue weighted by molar-refractivity contribution is 0.108. The molecule has 2 N–H and O–H groups in total. The van der Waals surface area contributed by atoms with Gasteiger partial charge in [0.1, 0.15) is 17.1 Å². The number of rotatable bonds is 0. The molecule has 1 aromatic rings. The van der Waals surface area contributed by atoms with Gasteiger partial charge in [0, 0.05) is 17.5 Å². The zero-order chi connectivity index (χ0) is 13.7. The van der Waals surface area contributed by atoms with E-state index in [1.165, 1.54) is 0 Å². The largest absolute Gasteiger partial charge is 0.507 e. The Hall–Kier alpha value is -1.71. The van der Waals surface area contributed by atoms with Crippen LogP contribution in [0.1, 0.15) is 42.5 Å². The van der Waals surface area contributed by atoms with E-state index in [-0.39, 0.29) is 5.75 Å². The van der Waals surface area contributed by atoms with Crippen molar-refractivity contribution in [2.75, 3.05) is 0 Å². The summed E-state index contributed by atoms with van der Waals surface area (Å²) in [5.41, 5.74) is 3.28. The number of benzene rings is 1. The second-order valence-corrected chi connectivity index (χ2v) is 5.51. The number of oxime groups is 1. The highest BCUT2D eigenvalue weighted by molar-refractivity contribution is 6.06. The maximum atomic E-state index is 10.1. The maximum absolute atomic E-state index is 10.1. The van der Waals surface area contributed by atoms with Crippen LogP contribution in [0.5, 0.6) is 11.5 Å². The van der Waals surface area contributed by atoms with E-state index in [1.807, 2.05) is 34.6 Å². The standard InChI is InChI=1S/C14H19NO3/c1-7-8(2)13-11(9(3)12(7)16)10(15-17)6-14(4,5)18-13/h16-17H,6H2,1-5H3/b15-10+. The average molecular weight is 249 g/mol. The van der Waals surface area contributed by atoms with Crippen LogP contribution in [-0.4, -0.2) is 21.6 Å². The molecule has 4 heteroatoms. The monoisotopic (exact) mass is 249 g/mol. The second kappa shape index (κ2) is 3.90. The van der Waals surface area contributed by atoms with Gasteiger partial charge in [-0.25, -0.2) is 0 Å². The summed E-state index contributed by atoms with van der Waals surface area (Å²) in [6.45, 7) is 9.49. The zero-order valence-corrected chi connectivity index (χ0v) is 11.5. The smallest absolute Gasteiger partial charge is 0.133 e. The minimum absolute atomic E-state index is 0.246. The predicted molar refractivity (Wildman–Crippen MR) is 70.0 cm³/mol. The number of phenolic OH excluding ortho intramolecular Hbond substituents is 1. The van der Waals surface area contributed by atoms with Gasteiger partial charge in [-0.15, -0.1) is 0 Å². The van der Waals surface area contributed by atoms with E-state index >= 15 is 0 Å². The first-order valence-corrected chi connectivity index (χ1v) is 6.01. The van der Waals surface area contributed by atoms with Gasteiger partial charge in [-0.05, 0) is 45.7 Å². The van der Waals surface area contributed by atoms with Gasteiger partial charge in [0.15, 0.2) is 0 Å². The van der Waals surface area contributed by atoms with Crippen molar-refractivity contribution in [3.8, 4) is 11.5 Å². The highest BCUT2D eigenvalue weighted by atomic mass is 16.5. The molecule has 98 valence electrons. The van der Waals surface area contributed by atoms with Gasteiger partial charge in [-0.3, -0.25) is 0 Å². The Kier molecular flexibility index (Phi) is 2.76. The zero-order valence-electron chi connectivity index (χ0n) is 11.5. The first-order chi connectivity index (χ1) is 8.28. The van der Waals surface area contributed by atoms with Gasteiger partial charge >= 0.3 is 0 Å². The van der Waals surface area contributed by atoms with Crippen molar-refractivity contribution in [1.29, 1.82) is 0 Å². The molecule has 0 bridgehead atoms. The van der Waals surface area contributed by atoms with Gasteiger partial charge in [-0.1, -0.05) is 5.16 Å². The molecule has 0 unspecified atom stereocenters. The summed E-state index contributed by atoms with van der Waals surface area (Å²) >= 11 is 0. The molecule has 0 spiro atoms. The van der Waals surface area contributed by atoms with E-state index < -0.39 is 5.60 Å². The Morgan fingerprint density at radius 1 is 1.11 bits per heavy atom. The Morgan fingerprint density at radius 2 is 1.72 bits per heavy atom. The summed E-state index contributed by atoms with van der Waals surface area (Å²) in [5.74, 6) is 0.961. The molecule has 18 heavy (non-hydrogen) atoms. The Labute approximate surface area is 107 Å². The van der Waals surface area contributed by atoms with Crippen molar-refractivity contribution in [2.24, 2.45) is 5.16 Å². The molecule has 0 saturated heterocycles. The predicted octanol–water partition coefficient (Wildman–Crippen LogP) is 3.06. The molecule has 0 aliphatic carbocycles. The molecule has 1 aliphatic rings. The van der Waals surface area contributed by atoms with E-state index in [0.29, 0.717) is 23.4 Å². The fraction of sp³-hybridized carbons (Fsp3) is 0.500. The van der Waals surface area contributed by atoms with Crippen molar-refractivity contribution < 1.29 is 15.1 Å². The normalized spacial score (nSPS) is 19.5. The molecule has 1 aliphatic heterocycles. The summed E-state index contributed by atoms with van der Waals surface area (Å²) < 4.78 is 6.00. The highest BCUT2D eigenvalue weighted by Gasteiger charge is 2.35. The molecule has 1 heterocycles. The fourth-order valence-electron chi connectivity index (χ4n) is 2.47. The van der Waals surface area contributed by atoms with Crippen molar-refractivity contribution in [2.45, 2.75) is 46.6 Å². The summed E-state index contributed by atoms with van der Waals surface area (Å²) in [7, 11) is 0. The topological polar surface area (TPSA) is 62.1 Å². The first-order valence-electron chi connectivity index (χ1n) is 6.01. The number of phenols is 1. The third kappa shape index (κ3) is 1.72. The molecule has 0 amide bonds. The molecule has 0 radical (unpaired) electrons. The van der Waals surface area contributed by atoms with Crippen molar-refractivity contribution >= 4 is 5.71 Å². The van der Waals surface area contributed by atoms with Crippen LogP contribution < -0.4 is 4.74 Å². The third-order valence-corrected chi connectivity index (χ3v) is 3.60. The van der Waals surface area contributed by atoms with Crippen molar-refractivity contribution in [1.82, 2.24) is 0 Å². The number of hydrogen-bond acceptors (Lipinski definition) is 4. The summed E-state index contributed by atoms with van der Waals surface area (Å²) in [6.07, 6.45) is 0.513. The quantitative estimate of drug-likeness (QED) is 0.548. The minimum atomic E-state index is -0.408. The van der Waals surface area contributed by atoms with E-state index in [0.717, 1.165) is 16.7 Å². The minimum Gasteiger partial charge on any atom is -0.507 e. The number of nitrogens with zero attached hydrogens (tertiary/aromatic N) is 1. The lowest BCUT2D eigenvalue weighted by Gasteiger charge is -2.35. The van der Waals surface area contributed by atoms with E-state index in [1.54, 1.807) is 0 Å². The first kappa shape index (κ1) is 12.7. The van der Waals surface area contributed by atoms with Crippen LogP contribution in [0.3, 0.4) is 0 Å². The fourth-order valence-corrected chi connectivity index (χ4v) is 2.47. The molecule has 1 aromatic carbocycles. The number of fused-ring (bicyclic) bond motifs is 1. The lowest BCUT2D eigenvalue weighted by Crippen LogP contribution is -2.37. The van der Waals surface area contributed by atoms with Crippen LogP contribution in [0.4, 0.5) is 0 Å². The second-order valence-electron chi connectivity index (χ2n) is 5.51. The van der Waals surface area contributed by atoms with E-state index in [9.17, 15) is 10.3 Å². The molecular weight excluding hydrogens is 230 g/mol. The van der Waals surface area contributed by atoms with Crippen LogP contribution in [0.25, 0.3) is 0 Å². The molecule has 0 fully saturated rings. The molecule has 0 saturated carbocycles. The van der Waals surface area contributed by atoms with Gasteiger partial charge in [-0.2, -0.15) is 0 Å². The Balaban J connectivity index is 2.81. The van der Waals surface area contributed by atoms with Crippen LogP contribution in [0.2, 0.25) is 0 Å². The molecule has 2 rings (SSSR count). The van der Waals surface area contributed by atoms with E-state index in [4.69, 9.17) is 4.74 Å². The maximum Gasteiger partial charge on any atom is 0.133 e. The molecule has 0 atom stereocenters. The Bertz CT molecular complexity index is 545. The summed E-state index contributed by atoms with van der Waals surface area (Å²) in [5, 5.41) is 22.7. The molecule has 4 nitrogen and oxygen atoms in total. The number of ether oxygens (including phenoxy) is 1. The van der Waals surface area contributed by atoms with Gasteiger partial charge < -0.3 is 15.1 Å². The average Bonchev–Trinajstić information content (AvgIpc) is 2.31. The van der Waals surface area contributed by atoms with E-state index in [2.05, 4.69) is 5.16 Å². The molecule has 0 aromatic heterocycles. The van der Waals surface area contributed by atoms with Crippen LogP contribution in [0.15, 0.2) is 5.16 Å². The number of hydrogen-bond donors (Lipinski definition) is 2.